The van der Waals surface area contributed by atoms with Gasteiger partial charge in [-0.05, 0) is 18.8 Å². The van der Waals surface area contributed by atoms with Crippen LogP contribution in [0.3, 0.4) is 0 Å². The summed E-state index contributed by atoms with van der Waals surface area (Å²) in [5, 5.41) is 8.64. The van der Waals surface area contributed by atoms with Crippen molar-refractivity contribution in [3.63, 3.8) is 0 Å². The third-order valence-electron chi connectivity index (χ3n) is 1.45. The molecule has 0 fully saturated rings. The van der Waals surface area contributed by atoms with Crippen molar-refractivity contribution in [2.45, 2.75) is 26.7 Å². The highest BCUT2D eigenvalue weighted by Crippen LogP contribution is 2.10. The van der Waals surface area contributed by atoms with Crippen molar-refractivity contribution in [1.29, 1.82) is 0 Å². The summed E-state index contributed by atoms with van der Waals surface area (Å²) in [7, 11) is 0. The molecule has 1 N–H and O–H groups in total. The zero-order chi connectivity index (χ0) is 7.28. The Balaban J connectivity index is 3.34. The lowest BCUT2D eigenvalue weighted by molar-refractivity contribution is 0.236. The van der Waals surface area contributed by atoms with Gasteiger partial charge in [-0.1, -0.05) is 26.0 Å². The summed E-state index contributed by atoms with van der Waals surface area (Å²) in [4.78, 5) is 0. The van der Waals surface area contributed by atoms with Crippen LogP contribution < -0.4 is 0 Å². The largest absolute Gasteiger partial charge is 0.396 e. The highest BCUT2D eigenvalue weighted by molar-refractivity contribution is 4.93. The molecule has 1 nitrogen and oxygen atoms in total. The van der Waals surface area contributed by atoms with E-state index in [0.717, 1.165) is 12.8 Å². The van der Waals surface area contributed by atoms with Crippen molar-refractivity contribution in [1.82, 2.24) is 0 Å². The predicted molar refractivity (Wildman–Crippen MR) is 40.3 cm³/mol. The normalized spacial score (nSPS) is 13.2. The molecule has 9 heavy (non-hydrogen) atoms. The minimum Gasteiger partial charge on any atom is -0.396 e. The van der Waals surface area contributed by atoms with Crippen LogP contribution in [0.4, 0.5) is 0 Å². The quantitative estimate of drug-likeness (QED) is 0.574. The van der Waals surface area contributed by atoms with Crippen LogP contribution in [0.25, 0.3) is 0 Å². The van der Waals surface area contributed by atoms with Crippen LogP contribution in [-0.4, -0.2) is 11.7 Å². The third-order valence-corrected chi connectivity index (χ3v) is 1.45. The SMILES string of the molecule is C=C(CC)C[C@H](C)CO. The fourth-order valence-electron chi connectivity index (χ4n) is 0.702. The Morgan fingerprint density at radius 2 is 2.22 bits per heavy atom. The molecule has 54 valence electrons. The first-order chi connectivity index (χ1) is 4.20. The molecule has 0 saturated heterocycles. The monoisotopic (exact) mass is 128 g/mol. The van der Waals surface area contributed by atoms with Gasteiger partial charge in [-0.3, -0.25) is 0 Å². The molecule has 0 aromatic carbocycles. The van der Waals surface area contributed by atoms with E-state index < -0.39 is 0 Å². The molecule has 0 aliphatic heterocycles. The molecule has 0 rings (SSSR count). The van der Waals surface area contributed by atoms with Crippen LogP contribution in [0, 0.1) is 5.92 Å². The number of allylic oxidation sites excluding steroid dienone is 1. The standard InChI is InChI=1S/C8H16O/c1-4-7(2)5-8(3)6-9/h8-9H,2,4-6H2,1,3H3/t8-/m0/s1. The third kappa shape index (κ3) is 4.22. The number of hydrogen-bond donors (Lipinski definition) is 1. The van der Waals surface area contributed by atoms with E-state index in [0.29, 0.717) is 5.92 Å². The average Bonchev–Trinajstić information content (AvgIpc) is 1.87. The Morgan fingerprint density at radius 1 is 1.67 bits per heavy atom. The van der Waals surface area contributed by atoms with E-state index in [1.165, 1.54) is 5.57 Å². The lowest BCUT2D eigenvalue weighted by Crippen LogP contribution is -2.00. The second kappa shape index (κ2) is 4.57. The van der Waals surface area contributed by atoms with Gasteiger partial charge in [0.2, 0.25) is 0 Å². The molecule has 0 aromatic heterocycles. The molecule has 0 amide bonds. The molecule has 0 aliphatic rings. The van der Waals surface area contributed by atoms with Gasteiger partial charge in [-0.15, -0.1) is 0 Å². The van der Waals surface area contributed by atoms with Crippen LogP contribution in [0.5, 0.6) is 0 Å². The first-order valence-corrected chi connectivity index (χ1v) is 3.48. The van der Waals surface area contributed by atoms with Gasteiger partial charge < -0.3 is 5.11 Å². The van der Waals surface area contributed by atoms with Gasteiger partial charge >= 0.3 is 0 Å². The van der Waals surface area contributed by atoms with E-state index in [2.05, 4.69) is 13.5 Å². The molecule has 0 saturated carbocycles. The summed E-state index contributed by atoms with van der Waals surface area (Å²) >= 11 is 0. The van der Waals surface area contributed by atoms with Gasteiger partial charge in [-0.25, -0.2) is 0 Å². The van der Waals surface area contributed by atoms with Crippen LogP contribution in [-0.2, 0) is 0 Å². The van der Waals surface area contributed by atoms with Gasteiger partial charge in [-0.2, -0.15) is 0 Å². The molecule has 0 radical (unpaired) electrons. The maximum Gasteiger partial charge on any atom is 0.0459 e. The van der Waals surface area contributed by atoms with Crippen LogP contribution in [0.2, 0.25) is 0 Å². The summed E-state index contributed by atoms with van der Waals surface area (Å²) in [6.07, 6.45) is 2.00. The summed E-state index contributed by atoms with van der Waals surface area (Å²) in [5.41, 5.74) is 1.23. The van der Waals surface area contributed by atoms with Crippen molar-refractivity contribution >= 4 is 0 Å². The minimum atomic E-state index is 0.277. The van der Waals surface area contributed by atoms with E-state index in [1.54, 1.807) is 0 Å². The van der Waals surface area contributed by atoms with E-state index in [1.807, 2.05) is 6.92 Å². The summed E-state index contributed by atoms with van der Waals surface area (Å²) in [6, 6.07) is 0. The zero-order valence-corrected chi connectivity index (χ0v) is 6.35. The molecule has 1 atom stereocenters. The van der Waals surface area contributed by atoms with Gasteiger partial charge in [0.1, 0.15) is 0 Å². The maximum atomic E-state index is 8.64. The first kappa shape index (κ1) is 8.70. The van der Waals surface area contributed by atoms with Gasteiger partial charge in [0.05, 0.1) is 0 Å². The Bertz CT molecular complexity index is 86.6. The molecular formula is C8H16O. The predicted octanol–water partition coefficient (Wildman–Crippen LogP) is 1.97. The van der Waals surface area contributed by atoms with Crippen LogP contribution >= 0.6 is 0 Å². The van der Waals surface area contributed by atoms with E-state index in [-0.39, 0.29) is 6.61 Å². The zero-order valence-electron chi connectivity index (χ0n) is 6.35. The Labute approximate surface area is 57.4 Å². The van der Waals surface area contributed by atoms with E-state index >= 15 is 0 Å². The molecule has 1 heteroatoms. The Morgan fingerprint density at radius 3 is 2.56 bits per heavy atom. The van der Waals surface area contributed by atoms with E-state index in [9.17, 15) is 0 Å². The van der Waals surface area contributed by atoms with Gasteiger partial charge in [0.25, 0.3) is 0 Å². The lowest BCUT2D eigenvalue weighted by Gasteiger charge is -2.07. The van der Waals surface area contributed by atoms with Crippen molar-refractivity contribution in [3.8, 4) is 0 Å². The molecule has 0 aliphatic carbocycles. The number of aliphatic hydroxyl groups is 1. The second-order valence-corrected chi connectivity index (χ2v) is 2.60. The van der Waals surface area contributed by atoms with Crippen molar-refractivity contribution in [2.24, 2.45) is 5.92 Å². The van der Waals surface area contributed by atoms with Crippen LogP contribution in [0.1, 0.15) is 26.7 Å². The highest BCUT2D eigenvalue weighted by atomic mass is 16.3. The molecule has 0 heterocycles. The summed E-state index contributed by atoms with van der Waals surface area (Å²) in [6.45, 7) is 8.25. The molecule has 0 aromatic rings. The van der Waals surface area contributed by atoms with Crippen LogP contribution in [0.15, 0.2) is 12.2 Å². The second-order valence-electron chi connectivity index (χ2n) is 2.60. The summed E-state index contributed by atoms with van der Waals surface area (Å²) in [5.74, 6) is 0.387. The number of rotatable bonds is 4. The first-order valence-electron chi connectivity index (χ1n) is 3.48. The van der Waals surface area contributed by atoms with Gasteiger partial charge in [0.15, 0.2) is 0 Å². The molecular weight excluding hydrogens is 112 g/mol. The molecule has 0 bridgehead atoms. The molecule has 0 spiro atoms. The fourth-order valence-corrected chi connectivity index (χ4v) is 0.702. The van der Waals surface area contributed by atoms with Crippen molar-refractivity contribution < 1.29 is 5.11 Å². The van der Waals surface area contributed by atoms with Gasteiger partial charge in [0, 0.05) is 6.61 Å². The lowest BCUT2D eigenvalue weighted by atomic mass is 10.0. The Kier molecular flexibility index (Phi) is 4.41. The Hall–Kier alpha value is -0.300. The van der Waals surface area contributed by atoms with Crippen molar-refractivity contribution in [3.05, 3.63) is 12.2 Å². The molecule has 0 unspecified atom stereocenters. The fraction of sp³-hybridized carbons (Fsp3) is 0.750. The topological polar surface area (TPSA) is 20.2 Å². The average molecular weight is 128 g/mol. The smallest absolute Gasteiger partial charge is 0.0459 e. The maximum absolute atomic E-state index is 8.64. The minimum absolute atomic E-state index is 0.277. The highest BCUT2D eigenvalue weighted by Gasteiger charge is 1.99. The summed E-state index contributed by atoms with van der Waals surface area (Å²) < 4.78 is 0. The van der Waals surface area contributed by atoms with Crippen molar-refractivity contribution in [2.75, 3.05) is 6.61 Å². The van der Waals surface area contributed by atoms with E-state index in [4.69, 9.17) is 5.11 Å². The number of aliphatic hydroxyl groups excluding tert-OH is 1. The number of hydrogen-bond acceptors (Lipinski definition) is 1.